The molecule has 68 valence electrons. The summed E-state index contributed by atoms with van der Waals surface area (Å²) in [5, 5.41) is 8.77. The minimum atomic E-state index is -0.846. The summed E-state index contributed by atoms with van der Waals surface area (Å²) in [6.07, 6.45) is 2.05. The van der Waals surface area contributed by atoms with Crippen LogP contribution in [-0.2, 0) is 6.42 Å². The van der Waals surface area contributed by atoms with Gasteiger partial charge in [0.25, 0.3) is 0 Å². The minimum Gasteiger partial charge on any atom is -0.478 e. The van der Waals surface area contributed by atoms with Crippen LogP contribution in [0.4, 0.5) is 0 Å². The van der Waals surface area contributed by atoms with E-state index < -0.39 is 5.97 Å². The normalized spacial score (nSPS) is 19.9. The van der Waals surface area contributed by atoms with Crippen molar-refractivity contribution in [2.45, 2.75) is 17.7 Å². The van der Waals surface area contributed by atoms with Crippen molar-refractivity contribution in [3.63, 3.8) is 0 Å². The summed E-state index contributed by atoms with van der Waals surface area (Å²) in [7, 11) is 0. The SMILES string of the molecule is O=C(O)c1ccc2c(c1)CCC2Br. The summed E-state index contributed by atoms with van der Waals surface area (Å²) >= 11 is 3.55. The van der Waals surface area contributed by atoms with E-state index in [-0.39, 0.29) is 0 Å². The molecule has 0 aromatic heterocycles. The van der Waals surface area contributed by atoms with Crippen LogP contribution < -0.4 is 0 Å². The van der Waals surface area contributed by atoms with Crippen LogP contribution >= 0.6 is 15.9 Å². The average molecular weight is 241 g/mol. The zero-order valence-electron chi connectivity index (χ0n) is 6.96. The second-order valence-electron chi connectivity index (χ2n) is 3.22. The molecule has 0 aliphatic heterocycles. The van der Waals surface area contributed by atoms with Gasteiger partial charge in [-0.1, -0.05) is 22.0 Å². The summed E-state index contributed by atoms with van der Waals surface area (Å²) in [5.41, 5.74) is 2.80. The number of hydrogen-bond acceptors (Lipinski definition) is 1. The van der Waals surface area contributed by atoms with Crippen LogP contribution in [0.25, 0.3) is 0 Å². The van der Waals surface area contributed by atoms with Crippen LogP contribution in [-0.4, -0.2) is 11.1 Å². The molecule has 1 unspecified atom stereocenters. The Kier molecular flexibility index (Phi) is 2.12. The van der Waals surface area contributed by atoms with Crippen molar-refractivity contribution in [1.82, 2.24) is 0 Å². The van der Waals surface area contributed by atoms with Gasteiger partial charge in [-0.2, -0.15) is 0 Å². The Bertz CT molecular complexity index is 360. The smallest absolute Gasteiger partial charge is 0.335 e. The zero-order chi connectivity index (χ0) is 9.42. The predicted molar refractivity (Wildman–Crippen MR) is 53.4 cm³/mol. The fraction of sp³-hybridized carbons (Fsp3) is 0.300. The van der Waals surface area contributed by atoms with E-state index >= 15 is 0 Å². The highest BCUT2D eigenvalue weighted by Gasteiger charge is 2.20. The minimum absolute atomic E-state index is 0.389. The Morgan fingerprint density at radius 3 is 3.00 bits per heavy atom. The molecule has 0 saturated heterocycles. The lowest BCUT2D eigenvalue weighted by Crippen LogP contribution is -1.97. The van der Waals surface area contributed by atoms with Crippen molar-refractivity contribution in [3.05, 3.63) is 34.9 Å². The first-order valence-electron chi connectivity index (χ1n) is 4.18. The number of aromatic carboxylic acids is 1. The van der Waals surface area contributed by atoms with E-state index in [0.29, 0.717) is 10.4 Å². The van der Waals surface area contributed by atoms with Crippen LogP contribution in [0, 0.1) is 0 Å². The molecule has 1 aromatic carbocycles. The number of fused-ring (bicyclic) bond motifs is 1. The largest absolute Gasteiger partial charge is 0.478 e. The summed E-state index contributed by atoms with van der Waals surface area (Å²) < 4.78 is 0. The van der Waals surface area contributed by atoms with Gasteiger partial charge in [-0.15, -0.1) is 0 Å². The first kappa shape index (κ1) is 8.75. The summed E-state index contributed by atoms with van der Waals surface area (Å²) in [5.74, 6) is -0.846. The number of halogens is 1. The molecular formula is C10H9BrO2. The number of carboxylic acids is 1. The Morgan fingerprint density at radius 1 is 1.54 bits per heavy atom. The van der Waals surface area contributed by atoms with E-state index in [1.807, 2.05) is 6.07 Å². The number of alkyl halides is 1. The Hall–Kier alpha value is -0.830. The molecule has 1 atom stereocenters. The Labute approximate surface area is 84.7 Å². The standard InChI is InChI=1S/C10H9BrO2/c11-9-4-2-6-5-7(10(12)13)1-3-8(6)9/h1,3,5,9H,2,4H2,(H,12,13). The quantitative estimate of drug-likeness (QED) is 0.767. The van der Waals surface area contributed by atoms with Crippen molar-refractivity contribution < 1.29 is 9.90 Å². The van der Waals surface area contributed by atoms with E-state index in [9.17, 15) is 4.79 Å². The van der Waals surface area contributed by atoms with E-state index in [2.05, 4.69) is 15.9 Å². The molecule has 0 spiro atoms. The van der Waals surface area contributed by atoms with Crippen LogP contribution in [0.2, 0.25) is 0 Å². The van der Waals surface area contributed by atoms with Gasteiger partial charge in [0.15, 0.2) is 0 Å². The molecule has 0 amide bonds. The van der Waals surface area contributed by atoms with E-state index in [0.717, 1.165) is 12.8 Å². The molecule has 13 heavy (non-hydrogen) atoms. The van der Waals surface area contributed by atoms with Crippen molar-refractivity contribution in [2.75, 3.05) is 0 Å². The lowest BCUT2D eigenvalue weighted by atomic mass is 10.1. The van der Waals surface area contributed by atoms with Crippen molar-refractivity contribution >= 4 is 21.9 Å². The first-order chi connectivity index (χ1) is 6.18. The highest BCUT2D eigenvalue weighted by atomic mass is 79.9. The van der Waals surface area contributed by atoms with Crippen LogP contribution in [0.15, 0.2) is 18.2 Å². The van der Waals surface area contributed by atoms with E-state index in [1.165, 1.54) is 11.1 Å². The molecule has 0 saturated carbocycles. The highest BCUT2D eigenvalue weighted by molar-refractivity contribution is 9.09. The third-order valence-corrected chi connectivity index (χ3v) is 3.35. The second-order valence-corrected chi connectivity index (χ2v) is 4.33. The maximum Gasteiger partial charge on any atom is 0.335 e. The fourth-order valence-corrected chi connectivity index (χ4v) is 2.37. The lowest BCUT2D eigenvalue weighted by Gasteiger charge is -2.02. The van der Waals surface area contributed by atoms with Gasteiger partial charge in [0, 0.05) is 4.83 Å². The molecule has 1 aliphatic rings. The van der Waals surface area contributed by atoms with Gasteiger partial charge in [-0.05, 0) is 36.1 Å². The number of hydrogen-bond donors (Lipinski definition) is 1. The van der Waals surface area contributed by atoms with Gasteiger partial charge < -0.3 is 5.11 Å². The monoisotopic (exact) mass is 240 g/mol. The first-order valence-corrected chi connectivity index (χ1v) is 5.10. The van der Waals surface area contributed by atoms with Gasteiger partial charge >= 0.3 is 5.97 Å². The van der Waals surface area contributed by atoms with Gasteiger partial charge in [-0.25, -0.2) is 4.79 Å². The molecule has 0 bridgehead atoms. The third kappa shape index (κ3) is 1.48. The number of benzene rings is 1. The van der Waals surface area contributed by atoms with Crippen LogP contribution in [0.1, 0.15) is 32.7 Å². The number of rotatable bonds is 1. The maximum absolute atomic E-state index is 10.7. The lowest BCUT2D eigenvalue weighted by molar-refractivity contribution is 0.0697. The summed E-state index contributed by atoms with van der Waals surface area (Å²) in [6.45, 7) is 0. The molecule has 3 heteroatoms. The topological polar surface area (TPSA) is 37.3 Å². The zero-order valence-corrected chi connectivity index (χ0v) is 8.54. The van der Waals surface area contributed by atoms with Gasteiger partial charge in [0.1, 0.15) is 0 Å². The summed E-state index contributed by atoms with van der Waals surface area (Å²) in [6, 6.07) is 5.35. The van der Waals surface area contributed by atoms with Crippen LogP contribution in [0.5, 0.6) is 0 Å². The Morgan fingerprint density at radius 2 is 2.31 bits per heavy atom. The van der Waals surface area contributed by atoms with Gasteiger partial charge in [-0.3, -0.25) is 0 Å². The predicted octanol–water partition coefficient (Wildman–Crippen LogP) is 2.77. The average Bonchev–Trinajstić information content (AvgIpc) is 2.47. The molecule has 2 nitrogen and oxygen atoms in total. The molecule has 1 N–H and O–H groups in total. The van der Waals surface area contributed by atoms with Crippen molar-refractivity contribution in [3.8, 4) is 0 Å². The third-order valence-electron chi connectivity index (χ3n) is 2.39. The fourth-order valence-electron chi connectivity index (χ4n) is 1.70. The summed E-state index contributed by atoms with van der Waals surface area (Å²) in [4.78, 5) is 11.1. The number of carbonyl (C=O) groups is 1. The number of aryl methyl sites for hydroxylation is 1. The van der Waals surface area contributed by atoms with Crippen molar-refractivity contribution in [1.29, 1.82) is 0 Å². The second kappa shape index (κ2) is 3.14. The number of carboxylic acid groups (broad SMARTS) is 1. The molecular weight excluding hydrogens is 232 g/mol. The highest BCUT2D eigenvalue weighted by Crippen LogP contribution is 2.37. The maximum atomic E-state index is 10.7. The molecule has 2 rings (SSSR count). The van der Waals surface area contributed by atoms with E-state index in [4.69, 9.17) is 5.11 Å². The molecule has 1 aromatic rings. The van der Waals surface area contributed by atoms with Gasteiger partial charge in [0.2, 0.25) is 0 Å². The Balaban J connectivity index is 2.45. The van der Waals surface area contributed by atoms with Crippen molar-refractivity contribution in [2.24, 2.45) is 0 Å². The van der Waals surface area contributed by atoms with E-state index in [1.54, 1.807) is 12.1 Å². The molecule has 0 fully saturated rings. The van der Waals surface area contributed by atoms with Gasteiger partial charge in [0.05, 0.1) is 5.56 Å². The molecule has 0 heterocycles. The van der Waals surface area contributed by atoms with Crippen LogP contribution in [0.3, 0.4) is 0 Å². The molecule has 0 radical (unpaired) electrons. The molecule has 1 aliphatic carbocycles.